The van der Waals surface area contributed by atoms with E-state index >= 15 is 0 Å². The van der Waals surface area contributed by atoms with Gasteiger partial charge in [0, 0.05) is 37.0 Å². The number of nitrogens with zero attached hydrogens (tertiary/aromatic N) is 1. The van der Waals surface area contributed by atoms with Crippen molar-refractivity contribution in [2.24, 2.45) is 4.99 Å². The summed E-state index contributed by atoms with van der Waals surface area (Å²) in [6, 6.07) is 6.99. The van der Waals surface area contributed by atoms with Crippen molar-refractivity contribution in [3.63, 3.8) is 0 Å². The van der Waals surface area contributed by atoms with Crippen LogP contribution in [0.25, 0.3) is 0 Å². The van der Waals surface area contributed by atoms with Gasteiger partial charge in [-0.2, -0.15) is 11.8 Å². The van der Waals surface area contributed by atoms with Gasteiger partial charge in [0.25, 0.3) is 0 Å². The number of rotatable bonds is 6. The van der Waals surface area contributed by atoms with Crippen molar-refractivity contribution in [2.45, 2.75) is 43.3 Å². The van der Waals surface area contributed by atoms with E-state index in [0.29, 0.717) is 25.0 Å². The standard InChI is InChI=1S/C20H30FN3OS.HI/c1-2-22-19(23-14-18-7-4-12-26-18)24-15-20(8-10-25-11-9-20)16-5-3-6-17(21)13-16;/h3,5-6,13,18H,2,4,7-12,14-15H2,1H3,(H2,22,23,24);1H. The summed E-state index contributed by atoms with van der Waals surface area (Å²) in [5.41, 5.74) is 0.886. The van der Waals surface area contributed by atoms with Gasteiger partial charge in [0.1, 0.15) is 5.82 Å². The summed E-state index contributed by atoms with van der Waals surface area (Å²) in [6.07, 6.45) is 4.34. The number of thioether (sulfide) groups is 1. The quantitative estimate of drug-likeness (QED) is 0.348. The Bertz CT molecular complexity index is 605. The molecule has 1 aromatic rings. The third kappa shape index (κ3) is 6.49. The summed E-state index contributed by atoms with van der Waals surface area (Å²) in [5, 5.41) is 7.53. The van der Waals surface area contributed by atoms with Crippen molar-refractivity contribution < 1.29 is 9.13 Å². The van der Waals surface area contributed by atoms with Crippen molar-refractivity contribution >= 4 is 41.7 Å². The SMILES string of the molecule is CCNC(=NCC1(c2cccc(F)c2)CCOCC1)NCC1CCCS1.I. The van der Waals surface area contributed by atoms with Crippen LogP contribution in [0.2, 0.25) is 0 Å². The van der Waals surface area contributed by atoms with Gasteiger partial charge in [-0.1, -0.05) is 12.1 Å². The van der Waals surface area contributed by atoms with E-state index in [4.69, 9.17) is 9.73 Å². The van der Waals surface area contributed by atoms with E-state index in [1.165, 1.54) is 24.7 Å². The van der Waals surface area contributed by atoms with Crippen molar-refractivity contribution in [1.29, 1.82) is 0 Å². The molecular formula is C20H31FIN3OS. The number of hydrogen-bond acceptors (Lipinski definition) is 3. The fourth-order valence-electron chi connectivity index (χ4n) is 3.71. The molecule has 2 heterocycles. The summed E-state index contributed by atoms with van der Waals surface area (Å²) in [4.78, 5) is 4.88. The van der Waals surface area contributed by atoms with Crippen molar-refractivity contribution in [2.75, 3.05) is 38.6 Å². The van der Waals surface area contributed by atoms with Crippen molar-refractivity contribution in [3.8, 4) is 0 Å². The summed E-state index contributed by atoms with van der Waals surface area (Å²) in [7, 11) is 0. The van der Waals surface area contributed by atoms with Crippen LogP contribution in [0.1, 0.15) is 38.2 Å². The predicted octanol–water partition coefficient (Wildman–Crippen LogP) is 3.94. The van der Waals surface area contributed by atoms with Gasteiger partial charge in [-0.15, -0.1) is 24.0 Å². The molecular weight excluding hydrogens is 476 g/mol. The average molecular weight is 507 g/mol. The Morgan fingerprint density at radius 3 is 2.81 bits per heavy atom. The van der Waals surface area contributed by atoms with E-state index in [1.807, 2.05) is 17.8 Å². The monoisotopic (exact) mass is 507 g/mol. The lowest BCUT2D eigenvalue weighted by Gasteiger charge is -2.36. The second-order valence-electron chi connectivity index (χ2n) is 7.11. The van der Waals surface area contributed by atoms with E-state index < -0.39 is 0 Å². The highest BCUT2D eigenvalue weighted by Crippen LogP contribution is 2.35. The molecule has 27 heavy (non-hydrogen) atoms. The topological polar surface area (TPSA) is 45.7 Å². The second-order valence-corrected chi connectivity index (χ2v) is 8.52. The van der Waals surface area contributed by atoms with Crippen LogP contribution in [-0.2, 0) is 10.2 Å². The van der Waals surface area contributed by atoms with Crippen LogP contribution in [0, 0.1) is 5.82 Å². The molecule has 4 nitrogen and oxygen atoms in total. The molecule has 2 fully saturated rings. The maximum absolute atomic E-state index is 13.8. The zero-order valence-corrected chi connectivity index (χ0v) is 19.2. The molecule has 7 heteroatoms. The molecule has 0 aromatic heterocycles. The van der Waals surface area contributed by atoms with E-state index in [1.54, 1.807) is 12.1 Å². The lowest BCUT2D eigenvalue weighted by atomic mass is 9.74. The largest absolute Gasteiger partial charge is 0.381 e. The van der Waals surface area contributed by atoms with E-state index in [0.717, 1.165) is 37.5 Å². The molecule has 0 bridgehead atoms. The zero-order valence-electron chi connectivity index (χ0n) is 16.0. The number of ether oxygens (including phenoxy) is 1. The number of benzene rings is 1. The molecule has 2 aliphatic rings. The maximum atomic E-state index is 13.8. The van der Waals surface area contributed by atoms with Gasteiger partial charge in [0.2, 0.25) is 0 Å². The fraction of sp³-hybridized carbons (Fsp3) is 0.650. The van der Waals surface area contributed by atoms with Gasteiger partial charge in [-0.25, -0.2) is 4.39 Å². The Morgan fingerprint density at radius 2 is 2.15 bits per heavy atom. The summed E-state index contributed by atoms with van der Waals surface area (Å²) >= 11 is 2.04. The highest BCUT2D eigenvalue weighted by Gasteiger charge is 2.34. The molecule has 152 valence electrons. The highest BCUT2D eigenvalue weighted by atomic mass is 127. The minimum Gasteiger partial charge on any atom is -0.381 e. The number of halogens is 2. The lowest BCUT2D eigenvalue weighted by Crippen LogP contribution is -2.42. The molecule has 0 saturated carbocycles. The number of aliphatic imine (C=N–C) groups is 1. The number of guanidine groups is 1. The first-order chi connectivity index (χ1) is 12.7. The Balaban J connectivity index is 0.00000261. The van der Waals surface area contributed by atoms with Crippen LogP contribution in [0.4, 0.5) is 4.39 Å². The van der Waals surface area contributed by atoms with Gasteiger partial charge >= 0.3 is 0 Å². The molecule has 2 aliphatic heterocycles. The van der Waals surface area contributed by atoms with Gasteiger partial charge in [0.15, 0.2) is 5.96 Å². The van der Waals surface area contributed by atoms with Crippen LogP contribution in [-0.4, -0.2) is 49.8 Å². The van der Waals surface area contributed by atoms with E-state index in [9.17, 15) is 4.39 Å². The van der Waals surface area contributed by atoms with Crippen LogP contribution >= 0.6 is 35.7 Å². The normalized spacial score (nSPS) is 22.1. The maximum Gasteiger partial charge on any atom is 0.191 e. The molecule has 3 rings (SSSR count). The third-order valence-electron chi connectivity index (χ3n) is 5.29. The predicted molar refractivity (Wildman–Crippen MR) is 123 cm³/mol. The molecule has 0 amide bonds. The molecule has 0 spiro atoms. The average Bonchev–Trinajstić information content (AvgIpc) is 3.18. The van der Waals surface area contributed by atoms with Gasteiger partial charge < -0.3 is 15.4 Å². The lowest BCUT2D eigenvalue weighted by molar-refractivity contribution is 0.0530. The van der Waals surface area contributed by atoms with E-state index in [-0.39, 0.29) is 35.2 Å². The first-order valence-corrected chi connectivity index (χ1v) is 10.7. The molecule has 0 aliphatic carbocycles. The number of hydrogen-bond donors (Lipinski definition) is 2. The molecule has 1 atom stereocenters. The minimum atomic E-state index is -0.180. The van der Waals surface area contributed by atoms with Crippen molar-refractivity contribution in [3.05, 3.63) is 35.6 Å². The zero-order chi connectivity index (χ0) is 18.2. The molecule has 0 radical (unpaired) electrons. The Labute approximate surface area is 183 Å². The molecule has 1 unspecified atom stereocenters. The minimum absolute atomic E-state index is 0. The summed E-state index contributed by atoms with van der Waals surface area (Å²) < 4.78 is 19.4. The Kier molecular flexibility index (Phi) is 9.65. The summed E-state index contributed by atoms with van der Waals surface area (Å²) in [6.45, 7) is 5.92. The highest BCUT2D eigenvalue weighted by molar-refractivity contribution is 14.0. The van der Waals surface area contributed by atoms with Crippen molar-refractivity contribution in [1.82, 2.24) is 10.6 Å². The van der Waals surface area contributed by atoms with Crippen LogP contribution < -0.4 is 10.6 Å². The Hall–Kier alpha value is -0.540. The smallest absolute Gasteiger partial charge is 0.191 e. The fourth-order valence-corrected chi connectivity index (χ4v) is 4.91. The molecule has 2 N–H and O–H groups in total. The molecule has 1 aromatic carbocycles. The van der Waals surface area contributed by atoms with Gasteiger partial charge in [-0.05, 0) is 56.1 Å². The van der Waals surface area contributed by atoms with Crippen LogP contribution in [0.3, 0.4) is 0 Å². The summed E-state index contributed by atoms with van der Waals surface area (Å²) in [5.74, 6) is 1.95. The van der Waals surface area contributed by atoms with Gasteiger partial charge in [-0.3, -0.25) is 4.99 Å². The number of nitrogens with one attached hydrogen (secondary N) is 2. The van der Waals surface area contributed by atoms with Crippen LogP contribution in [0.5, 0.6) is 0 Å². The first-order valence-electron chi connectivity index (χ1n) is 9.69. The molecule has 2 saturated heterocycles. The van der Waals surface area contributed by atoms with Crippen LogP contribution in [0.15, 0.2) is 29.3 Å². The van der Waals surface area contributed by atoms with E-state index in [2.05, 4.69) is 17.6 Å². The Morgan fingerprint density at radius 1 is 1.33 bits per heavy atom. The third-order valence-corrected chi connectivity index (χ3v) is 6.69. The van der Waals surface area contributed by atoms with Gasteiger partial charge in [0.05, 0.1) is 6.54 Å². The first kappa shape index (κ1) is 22.7. The second kappa shape index (κ2) is 11.5.